The van der Waals surface area contributed by atoms with Gasteiger partial charge in [-0.05, 0) is 49.7 Å². The third kappa shape index (κ3) is 11.6. The first-order chi connectivity index (χ1) is 20.3. The Morgan fingerprint density at radius 2 is 1.51 bits per heavy atom. The highest BCUT2D eigenvalue weighted by molar-refractivity contribution is 5.94. The molecular weight excluding hydrogens is 558 g/mol. The third-order valence-corrected chi connectivity index (χ3v) is 6.66. The molecule has 43 heavy (non-hydrogen) atoms. The molecule has 0 spiro atoms. The Morgan fingerprint density at radius 3 is 2.12 bits per heavy atom. The van der Waals surface area contributed by atoms with Gasteiger partial charge in [-0.25, -0.2) is 4.79 Å². The second-order valence-corrected chi connectivity index (χ2v) is 10.8. The zero-order valence-corrected chi connectivity index (χ0v) is 24.5. The molecule has 0 aliphatic rings. The number of aromatic amines is 1. The molecule has 1 aromatic heterocycles. The lowest BCUT2D eigenvalue weighted by atomic mass is 10.0. The molecule has 0 aliphatic heterocycles. The Hall–Kier alpha value is -4.66. The molecular formula is C28H43N9O6. The van der Waals surface area contributed by atoms with Crippen LogP contribution >= 0.6 is 0 Å². The summed E-state index contributed by atoms with van der Waals surface area (Å²) in [5, 5.41) is 18.0. The largest absolute Gasteiger partial charge is 0.480 e. The average molecular weight is 602 g/mol. The highest BCUT2D eigenvalue weighted by atomic mass is 16.4. The average Bonchev–Trinajstić information content (AvgIpc) is 3.33. The van der Waals surface area contributed by atoms with Crippen molar-refractivity contribution in [1.29, 1.82) is 0 Å². The van der Waals surface area contributed by atoms with Gasteiger partial charge in [0.2, 0.25) is 23.6 Å². The van der Waals surface area contributed by atoms with Crippen LogP contribution in [-0.2, 0) is 30.4 Å². The maximum absolute atomic E-state index is 13.4. The number of hydrogen-bond donors (Lipinski definition) is 9. The molecule has 0 bridgehead atoms. The van der Waals surface area contributed by atoms with Crippen LogP contribution in [0.25, 0.3) is 10.9 Å². The number of carboxylic acids is 1. The van der Waals surface area contributed by atoms with Crippen LogP contribution in [0.3, 0.4) is 0 Å². The molecule has 0 radical (unpaired) electrons. The summed E-state index contributed by atoms with van der Waals surface area (Å²) < 4.78 is 0. The van der Waals surface area contributed by atoms with Gasteiger partial charge < -0.3 is 49.0 Å². The summed E-state index contributed by atoms with van der Waals surface area (Å²) in [5.41, 5.74) is 23.9. The van der Waals surface area contributed by atoms with Crippen molar-refractivity contribution in [1.82, 2.24) is 20.9 Å². The van der Waals surface area contributed by atoms with E-state index < -0.39 is 53.8 Å². The molecule has 0 fully saturated rings. The Bertz CT molecular complexity index is 1300. The Kier molecular flexibility index (Phi) is 13.4. The predicted molar refractivity (Wildman–Crippen MR) is 161 cm³/mol. The summed E-state index contributed by atoms with van der Waals surface area (Å²) in [5.74, 6) is -4.28. The number of benzene rings is 1. The maximum Gasteiger partial charge on any atom is 0.326 e. The molecule has 4 amide bonds. The van der Waals surface area contributed by atoms with Gasteiger partial charge in [-0.3, -0.25) is 24.2 Å². The highest BCUT2D eigenvalue weighted by Crippen LogP contribution is 2.19. The summed E-state index contributed by atoms with van der Waals surface area (Å²) in [7, 11) is 0. The number of rotatable bonds is 18. The highest BCUT2D eigenvalue weighted by Gasteiger charge is 2.31. The fraction of sp³-hybridized carbons (Fsp3) is 0.500. The molecule has 1 aromatic carbocycles. The second kappa shape index (κ2) is 16.7. The Morgan fingerprint density at radius 1 is 0.907 bits per heavy atom. The van der Waals surface area contributed by atoms with E-state index in [-0.39, 0.29) is 50.5 Å². The first-order valence-corrected chi connectivity index (χ1v) is 14.1. The molecule has 0 aliphatic carbocycles. The molecule has 236 valence electrons. The number of nitrogens with two attached hydrogens (primary N) is 4. The number of H-pyrrole nitrogens is 1. The standard InChI is InChI=1S/C28H43N9O6/c1-15(2)12-22(27(42)43)37-26(41)21(9-10-23(30)38)36-25(40)20(8-5-11-33-28(31)32)35-24(39)18(29)13-16-14-34-19-7-4-3-6-17(16)19/h3-4,6-7,14-15,18,20-22,34H,5,8-13,29H2,1-2H3,(H2,30,38)(H,35,39)(H,36,40)(H,37,41)(H,42,43)(H4,31,32,33). The zero-order chi connectivity index (χ0) is 32.1. The van der Waals surface area contributed by atoms with Gasteiger partial charge in [0.05, 0.1) is 6.04 Å². The van der Waals surface area contributed by atoms with Crippen molar-refractivity contribution in [2.45, 2.75) is 76.5 Å². The lowest BCUT2D eigenvalue weighted by Crippen LogP contribution is -2.57. The number of nitrogens with zero attached hydrogens (tertiary/aromatic N) is 1. The van der Waals surface area contributed by atoms with E-state index in [1.165, 1.54) is 0 Å². The number of nitrogens with one attached hydrogen (secondary N) is 4. The summed E-state index contributed by atoms with van der Waals surface area (Å²) in [6, 6.07) is 2.88. The summed E-state index contributed by atoms with van der Waals surface area (Å²) in [4.78, 5) is 69.8. The monoisotopic (exact) mass is 601 g/mol. The van der Waals surface area contributed by atoms with Gasteiger partial charge in [-0.2, -0.15) is 0 Å². The van der Waals surface area contributed by atoms with E-state index in [1.54, 1.807) is 20.0 Å². The molecule has 15 heteroatoms. The lowest BCUT2D eigenvalue weighted by Gasteiger charge is -2.25. The number of para-hydroxylation sites is 1. The second-order valence-electron chi connectivity index (χ2n) is 10.8. The van der Waals surface area contributed by atoms with Crippen LogP contribution in [-0.4, -0.2) is 76.4 Å². The van der Waals surface area contributed by atoms with Crippen LogP contribution in [0.2, 0.25) is 0 Å². The number of aliphatic carboxylic acids is 1. The van der Waals surface area contributed by atoms with Crippen molar-refractivity contribution < 1.29 is 29.1 Å². The van der Waals surface area contributed by atoms with Crippen LogP contribution < -0.4 is 38.9 Å². The molecule has 1 heterocycles. The normalized spacial score (nSPS) is 13.9. The lowest BCUT2D eigenvalue weighted by molar-refractivity contribution is -0.143. The quantitative estimate of drug-likeness (QED) is 0.0571. The number of hydrogen-bond acceptors (Lipinski definition) is 7. The van der Waals surface area contributed by atoms with Crippen molar-refractivity contribution in [3.8, 4) is 0 Å². The van der Waals surface area contributed by atoms with Crippen molar-refractivity contribution in [2.24, 2.45) is 33.8 Å². The number of carboxylic acid groups (broad SMARTS) is 1. The van der Waals surface area contributed by atoms with Gasteiger partial charge in [0.1, 0.15) is 18.1 Å². The fourth-order valence-electron chi connectivity index (χ4n) is 4.47. The van der Waals surface area contributed by atoms with E-state index in [4.69, 9.17) is 22.9 Å². The van der Waals surface area contributed by atoms with E-state index >= 15 is 0 Å². The van der Waals surface area contributed by atoms with Gasteiger partial charge in [0.25, 0.3) is 0 Å². The van der Waals surface area contributed by atoms with Crippen molar-refractivity contribution in [3.05, 3.63) is 36.0 Å². The van der Waals surface area contributed by atoms with Gasteiger partial charge in [0, 0.05) is 30.1 Å². The molecule has 0 saturated heterocycles. The van der Waals surface area contributed by atoms with Crippen LogP contribution in [0, 0.1) is 5.92 Å². The number of fused-ring (bicyclic) bond motifs is 1. The maximum atomic E-state index is 13.4. The van der Waals surface area contributed by atoms with Gasteiger partial charge in [-0.15, -0.1) is 0 Å². The summed E-state index contributed by atoms with van der Waals surface area (Å²) in [6.45, 7) is 3.77. The molecule has 0 saturated carbocycles. The topological polar surface area (TPSA) is 274 Å². The van der Waals surface area contributed by atoms with Crippen molar-refractivity contribution in [2.75, 3.05) is 6.54 Å². The van der Waals surface area contributed by atoms with E-state index in [2.05, 4.69) is 25.9 Å². The number of aliphatic imine (C=N–C) groups is 1. The van der Waals surface area contributed by atoms with Gasteiger partial charge in [0.15, 0.2) is 5.96 Å². The number of amides is 4. The van der Waals surface area contributed by atoms with Crippen molar-refractivity contribution >= 4 is 46.5 Å². The number of carbonyl (C=O) groups excluding carboxylic acids is 4. The van der Waals surface area contributed by atoms with E-state index in [9.17, 15) is 29.1 Å². The molecule has 15 nitrogen and oxygen atoms in total. The SMILES string of the molecule is CC(C)CC(NC(=O)C(CCC(N)=O)NC(=O)C(CCCN=C(N)N)NC(=O)C(N)Cc1c[nH]c2ccccc12)C(=O)O. The number of primary amides is 1. The minimum Gasteiger partial charge on any atom is -0.480 e. The first-order valence-electron chi connectivity index (χ1n) is 14.1. The smallest absolute Gasteiger partial charge is 0.326 e. The van der Waals surface area contributed by atoms with Crippen LogP contribution in [0.1, 0.15) is 51.5 Å². The first kappa shape index (κ1) is 34.5. The molecule has 2 rings (SSSR count). The molecule has 13 N–H and O–H groups in total. The number of aromatic nitrogens is 1. The van der Waals surface area contributed by atoms with Crippen molar-refractivity contribution in [3.63, 3.8) is 0 Å². The van der Waals surface area contributed by atoms with E-state index in [0.717, 1.165) is 16.5 Å². The Balaban J connectivity index is 2.20. The zero-order valence-electron chi connectivity index (χ0n) is 24.5. The minimum absolute atomic E-state index is 0.0432. The predicted octanol–water partition coefficient (Wildman–Crippen LogP) is -1.06. The van der Waals surface area contributed by atoms with Gasteiger partial charge in [-0.1, -0.05) is 32.0 Å². The van der Waals surface area contributed by atoms with Crippen LogP contribution in [0.4, 0.5) is 0 Å². The molecule has 4 unspecified atom stereocenters. The minimum atomic E-state index is -1.30. The third-order valence-electron chi connectivity index (χ3n) is 6.66. The number of carbonyl (C=O) groups is 5. The molecule has 4 atom stereocenters. The Labute approximate surface area is 249 Å². The number of guanidine groups is 1. The van der Waals surface area contributed by atoms with Crippen LogP contribution in [0.15, 0.2) is 35.5 Å². The van der Waals surface area contributed by atoms with E-state index in [0.29, 0.717) is 6.42 Å². The van der Waals surface area contributed by atoms with E-state index in [1.807, 2.05) is 24.3 Å². The fourth-order valence-corrected chi connectivity index (χ4v) is 4.47. The summed E-state index contributed by atoms with van der Waals surface area (Å²) >= 11 is 0. The van der Waals surface area contributed by atoms with Gasteiger partial charge >= 0.3 is 5.97 Å². The molecule has 2 aromatic rings. The summed E-state index contributed by atoms with van der Waals surface area (Å²) in [6.07, 6.45) is 2.05. The van der Waals surface area contributed by atoms with Crippen LogP contribution in [0.5, 0.6) is 0 Å².